The number of nitro benzene ring substituents is 1. The molecule has 0 atom stereocenters. The number of anilines is 1. The Hall–Kier alpha value is -3.26. The summed E-state index contributed by atoms with van der Waals surface area (Å²) in [4.78, 5) is 37.1. The molecule has 2 aromatic carbocycles. The van der Waals surface area contributed by atoms with E-state index in [9.17, 15) is 19.7 Å². The summed E-state index contributed by atoms with van der Waals surface area (Å²) < 4.78 is 5.25. The number of hydrogen-bond acceptors (Lipinski definition) is 5. The van der Waals surface area contributed by atoms with Gasteiger partial charge in [-0.15, -0.1) is 0 Å². The van der Waals surface area contributed by atoms with Crippen LogP contribution < -0.4 is 5.32 Å². The molecule has 1 N–H and O–H groups in total. The summed E-state index contributed by atoms with van der Waals surface area (Å²) in [6.07, 6.45) is 0.290. The molecule has 0 saturated carbocycles. The zero-order chi connectivity index (χ0) is 20.1. The van der Waals surface area contributed by atoms with Crippen molar-refractivity contribution in [2.75, 3.05) is 31.6 Å². The molecule has 3 rings (SSSR count). The van der Waals surface area contributed by atoms with Crippen molar-refractivity contribution in [3.8, 4) is 0 Å². The van der Waals surface area contributed by atoms with Gasteiger partial charge in [0.1, 0.15) is 0 Å². The predicted octanol–water partition coefficient (Wildman–Crippen LogP) is 2.56. The van der Waals surface area contributed by atoms with Crippen molar-refractivity contribution in [1.82, 2.24) is 4.90 Å². The van der Waals surface area contributed by atoms with Gasteiger partial charge in [0.05, 0.1) is 24.6 Å². The number of hydrogen-bond donors (Lipinski definition) is 1. The van der Waals surface area contributed by atoms with Gasteiger partial charge in [-0.3, -0.25) is 19.7 Å². The second-order valence-corrected chi connectivity index (χ2v) is 6.53. The van der Waals surface area contributed by atoms with Crippen molar-refractivity contribution in [1.29, 1.82) is 0 Å². The summed E-state index contributed by atoms with van der Waals surface area (Å²) in [6.45, 7) is 3.89. The number of rotatable bonds is 5. The quantitative estimate of drug-likeness (QED) is 0.631. The molecular weight excluding hydrogens is 362 g/mol. The number of nitro groups is 1. The molecule has 8 nitrogen and oxygen atoms in total. The highest BCUT2D eigenvalue weighted by atomic mass is 16.6. The number of amides is 2. The Morgan fingerprint density at radius 2 is 1.82 bits per heavy atom. The van der Waals surface area contributed by atoms with Crippen molar-refractivity contribution in [3.05, 3.63) is 69.3 Å². The van der Waals surface area contributed by atoms with Gasteiger partial charge in [-0.1, -0.05) is 18.2 Å². The second-order valence-electron chi connectivity index (χ2n) is 6.53. The first kappa shape index (κ1) is 19.5. The standard InChI is InChI=1S/C20H21N3O5/c1-14-17(3-2-4-18(14)23(26)27)20(25)21-16-7-5-15(6-8-16)13-19(24)22-9-11-28-12-10-22/h2-8H,9-13H2,1H3,(H,21,25). The number of ether oxygens (including phenoxy) is 1. The molecule has 28 heavy (non-hydrogen) atoms. The van der Waals surface area contributed by atoms with E-state index in [0.717, 1.165) is 5.56 Å². The number of nitrogens with zero attached hydrogens (tertiary/aromatic N) is 2. The molecule has 0 aromatic heterocycles. The summed E-state index contributed by atoms with van der Waals surface area (Å²) >= 11 is 0. The number of carbonyl (C=O) groups excluding carboxylic acids is 2. The highest BCUT2D eigenvalue weighted by molar-refractivity contribution is 6.05. The van der Waals surface area contributed by atoms with Gasteiger partial charge >= 0.3 is 0 Å². The van der Waals surface area contributed by atoms with Crippen LogP contribution in [-0.2, 0) is 16.0 Å². The molecule has 1 saturated heterocycles. The molecular formula is C20H21N3O5. The van der Waals surface area contributed by atoms with Gasteiger partial charge in [-0.05, 0) is 30.7 Å². The minimum absolute atomic E-state index is 0.0484. The van der Waals surface area contributed by atoms with E-state index in [0.29, 0.717) is 37.6 Å². The number of nitrogens with one attached hydrogen (secondary N) is 1. The van der Waals surface area contributed by atoms with E-state index in [2.05, 4.69) is 5.32 Å². The van der Waals surface area contributed by atoms with Crippen LogP contribution in [0.1, 0.15) is 21.5 Å². The molecule has 146 valence electrons. The molecule has 0 unspecified atom stereocenters. The summed E-state index contributed by atoms with van der Waals surface area (Å²) in [5, 5.41) is 13.8. The summed E-state index contributed by atoms with van der Waals surface area (Å²) in [7, 11) is 0. The molecule has 2 amide bonds. The monoisotopic (exact) mass is 383 g/mol. The normalized spacial score (nSPS) is 13.8. The van der Waals surface area contributed by atoms with Crippen molar-refractivity contribution < 1.29 is 19.2 Å². The highest BCUT2D eigenvalue weighted by Crippen LogP contribution is 2.22. The van der Waals surface area contributed by atoms with E-state index >= 15 is 0 Å². The van der Waals surface area contributed by atoms with Crippen molar-refractivity contribution in [2.24, 2.45) is 0 Å². The molecule has 2 aromatic rings. The molecule has 1 fully saturated rings. The number of carbonyl (C=O) groups is 2. The van der Waals surface area contributed by atoms with Crippen molar-refractivity contribution >= 4 is 23.2 Å². The van der Waals surface area contributed by atoms with Gasteiger partial charge in [0.15, 0.2) is 0 Å². The molecule has 0 aliphatic carbocycles. The van der Waals surface area contributed by atoms with Gasteiger partial charge in [0, 0.05) is 36.0 Å². The average molecular weight is 383 g/mol. The Morgan fingerprint density at radius 3 is 2.46 bits per heavy atom. The van der Waals surface area contributed by atoms with Crippen LogP contribution in [0.5, 0.6) is 0 Å². The van der Waals surface area contributed by atoms with Crippen LogP contribution in [-0.4, -0.2) is 47.9 Å². The zero-order valence-corrected chi connectivity index (χ0v) is 15.5. The van der Waals surface area contributed by atoms with Crippen LogP contribution in [0.2, 0.25) is 0 Å². The van der Waals surface area contributed by atoms with Crippen LogP contribution in [0.4, 0.5) is 11.4 Å². The third kappa shape index (κ3) is 4.52. The fourth-order valence-corrected chi connectivity index (χ4v) is 3.07. The third-order valence-electron chi connectivity index (χ3n) is 4.68. The third-order valence-corrected chi connectivity index (χ3v) is 4.68. The fraction of sp³-hybridized carbons (Fsp3) is 0.300. The highest BCUT2D eigenvalue weighted by Gasteiger charge is 2.19. The lowest BCUT2D eigenvalue weighted by molar-refractivity contribution is -0.385. The molecule has 0 spiro atoms. The lowest BCUT2D eigenvalue weighted by atomic mass is 10.1. The minimum atomic E-state index is -0.508. The van der Waals surface area contributed by atoms with Crippen molar-refractivity contribution in [3.63, 3.8) is 0 Å². The molecule has 8 heteroatoms. The van der Waals surface area contributed by atoms with Crippen LogP contribution in [0.3, 0.4) is 0 Å². The average Bonchev–Trinajstić information content (AvgIpc) is 2.70. The molecule has 0 bridgehead atoms. The van der Waals surface area contributed by atoms with Crippen molar-refractivity contribution in [2.45, 2.75) is 13.3 Å². The minimum Gasteiger partial charge on any atom is -0.378 e. The fourth-order valence-electron chi connectivity index (χ4n) is 3.07. The Labute approximate surface area is 162 Å². The van der Waals surface area contributed by atoms with Gasteiger partial charge in [0.2, 0.25) is 5.91 Å². The van der Waals surface area contributed by atoms with E-state index < -0.39 is 10.8 Å². The number of benzene rings is 2. The van der Waals surface area contributed by atoms with Gasteiger partial charge in [-0.2, -0.15) is 0 Å². The Morgan fingerprint density at radius 1 is 1.14 bits per heavy atom. The van der Waals surface area contributed by atoms with E-state index in [-0.39, 0.29) is 23.6 Å². The maximum Gasteiger partial charge on any atom is 0.273 e. The summed E-state index contributed by atoms with van der Waals surface area (Å²) in [5.74, 6) is -0.370. The predicted molar refractivity (Wildman–Crippen MR) is 103 cm³/mol. The maximum atomic E-state index is 12.5. The Kier molecular flexibility index (Phi) is 6.00. The SMILES string of the molecule is Cc1c(C(=O)Nc2ccc(CC(=O)N3CCOCC3)cc2)cccc1[N+](=O)[O-]. The van der Waals surface area contributed by atoms with E-state index in [4.69, 9.17) is 4.74 Å². The van der Waals surface area contributed by atoms with Crippen LogP contribution >= 0.6 is 0 Å². The van der Waals surface area contributed by atoms with Crippen LogP contribution in [0, 0.1) is 17.0 Å². The lowest BCUT2D eigenvalue weighted by Crippen LogP contribution is -2.41. The topological polar surface area (TPSA) is 102 Å². The number of morpholine rings is 1. The van der Waals surface area contributed by atoms with Crippen LogP contribution in [0.15, 0.2) is 42.5 Å². The van der Waals surface area contributed by atoms with E-state index in [1.165, 1.54) is 12.1 Å². The van der Waals surface area contributed by atoms with Gasteiger partial charge in [-0.25, -0.2) is 0 Å². The summed E-state index contributed by atoms with van der Waals surface area (Å²) in [6, 6.07) is 11.4. The van der Waals surface area contributed by atoms with Crippen LogP contribution in [0.25, 0.3) is 0 Å². The maximum absolute atomic E-state index is 12.5. The van der Waals surface area contributed by atoms with E-state index in [1.54, 1.807) is 42.2 Å². The Balaban J connectivity index is 1.64. The van der Waals surface area contributed by atoms with E-state index in [1.807, 2.05) is 0 Å². The largest absolute Gasteiger partial charge is 0.378 e. The molecule has 1 aliphatic rings. The first-order valence-corrected chi connectivity index (χ1v) is 8.95. The molecule has 1 aliphatic heterocycles. The Bertz CT molecular complexity index is 889. The van der Waals surface area contributed by atoms with Gasteiger partial charge in [0.25, 0.3) is 11.6 Å². The lowest BCUT2D eigenvalue weighted by Gasteiger charge is -2.26. The summed E-state index contributed by atoms with van der Waals surface area (Å²) in [5.41, 5.74) is 1.88. The second kappa shape index (κ2) is 8.62. The van der Waals surface area contributed by atoms with Gasteiger partial charge < -0.3 is 15.0 Å². The first-order valence-electron chi connectivity index (χ1n) is 8.95. The molecule has 0 radical (unpaired) electrons. The molecule has 1 heterocycles. The smallest absolute Gasteiger partial charge is 0.273 e. The first-order chi connectivity index (χ1) is 13.5. The zero-order valence-electron chi connectivity index (χ0n) is 15.5.